The monoisotopic (exact) mass is 166 g/mol. The van der Waals surface area contributed by atoms with Crippen molar-refractivity contribution < 1.29 is 0 Å². The van der Waals surface area contributed by atoms with Gasteiger partial charge < -0.3 is 0 Å². The Morgan fingerprint density at radius 2 is 2.23 bits per heavy atom. The predicted octanol–water partition coefficient (Wildman–Crippen LogP) is 3.01. The number of rotatable bonds is 1. The van der Waals surface area contributed by atoms with Crippen LogP contribution in [-0.2, 0) is 0 Å². The predicted molar refractivity (Wildman–Crippen MR) is 56.1 cm³/mol. The molecular formula is C13H10. The first kappa shape index (κ1) is 7.89. The Kier molecular flexibility index (Phi) is 2.02. The van der Waals surface area contributed by atoms with E-state index in [2.05, 4.69) is 36.3 Å². The molecule has 1 aliphatic carbocycles. The Balaban J connectivity index is 2.37. The minimum Gasteiger partial charge on any atom is -0.115 e. The fourth-order valence-corrected chi connectivity index (χ4v) is 1.47. The van der Waals surface area contributed by atoms with Crippen molar-refractivity contribution in [2.45, 2.75) is 6.42 Å². The van der Waals surface area contributed by atoms with Gasteiger partial charge in [0.15, 0.2) is 0 Å². The molecule has 13 heavy (non-hydrogen) atoms. The minimum absolute atomic E-state index is 0.949. The van der Waals surface area contributed by atoms with Crippen molar-refractivity contribution in [3.8, 4) is 12.3 Å². The maximum absolute atomic E-state index is 5.33. The van der Waals surface area contributed by atoms with Crippen molar-refractivity contribution in [3.05, 3.63) is 53.6 Å². The molecule has 0 saturated heterocycles. The Bertz CT molecular complexity index is 414. The van der Waals surface area contributed by atoms with Gasteiger partial charge in [-0.05, 0) is 29.7 Å². The summed E-state index contributed by atoms with van der Waals surface area (Å²) in [4.78, 5) is 0. The van der Waals surface area contributed by atoms with Crippen LogP contribution in [0.3, 0.4) is 0 Å². The van der Waals surface area contributed by atoms with Gasteiger partial charge in [0.2, 0.25) is 0 Å². The Hall–Kier alpha value is -1.74. The third-order valence-electron chi connectivity index (χ3n) is 2.17. The van der Waals surface area contributed by atoms with Crippen LogP contribution in [0.15, 0.2) is 42.5 Å². The molecule has 1 aromatic carbocycles. The lowest BCUT2D eigenvalue weighted by Gasteiger charge is -2.01. The summed E-state index contributed by atoms with van der Waals surface area (Å²) in [5, 5.41) is 0. The van der Waals surface area contributed by atoms with Crippen molar-refractivity contribution >= 4 is 5.57 Å². The molecule has 0 radical (unpaired) electrons. The van der Waals surface area contributed by atoms with Gasteiger partial charge in [-0.15, -0.1) is 6.42 Å². The second kappa shape index (κ2) is 3.33. The van der Waals surface area contributed by atoms with E-state index in [9.17, 15) is 0 Å². The van der Waals surface area contributed by atoms with Crippen molar-refractivity contribution in [2.75, 3.05) is 0 Å². The molecule has 0 spiro atoms. The summed E-state index contributed by atoms with van der Waals surface area (Å²) in [7, 11) is 0. The van der Waals surface area contributed by atoms with E-state index in [-0.39, 0.29) is 0 Å². The number of hydrogen-bond donors (Lipinski definition) is 0. The highest BCUT2D eigenvalue weighted by Crippen LogP contribution is 2.23. The summed E-state index contributed by atoms with van der Waals surface area (Å²) in [5.74, 6) is 2.64. The first-order chi connectivity index (χ1) is 6.40. The van der Waals surface area contributed by atoms with Crippen molar-refractivity contribution in [1.82, 2.24) is 0 Å². The zero-order valence-corrected chi connectivity index (χ0v) is 7.33. The molecule has 0 aromatic heterocycles. The van der Waals surface area contributed by atoms with Gasteiger partial charge in [0, 0.05) is 5.56 Å². The Morgan fingerprint density at radius 3 is 2.92 bits per heavy atom. The number of terminal acetylenes is 1. The van der Waals surface area contributed by atoms with Crippen LogP contribution < -0.4 is 0 Å². The van der Waals surface area contributed by atoms with Gasteiger partial charge in [-0.3, -0.25) is 0 Å². The fourth-order valence-electron chi connectivity index (χ4n) is 1.47. The molecule has 0 fully saturated rings. The van der Waals surface area contributed by atoms with E-state index >= 15 is 0 Å². The molecule has 0 saturated carbocycles. The highest BCUT2D eigenvalue weighted by atomic mass is 14.1. The van der Waals surface area contributed by atoms with Gasteiger partial charge in [-0.25, -0.2) is 0 Å². The Morgan fingerprint density at radius 1 is 1.31 bits per heavy atom. The van der Waals surface area contributed by atoms with E-state index in [0.29, 0.717) is 0 Å². The molecule has 0 heterocycles. The molecule has 2 rings (SSSR count). The van der Waals surface area contributed by atoms with Crippen LogP contribution in [0.25, 0.3) is 5.57 Å². The molecule has 1 aliphatic rings. The molecule has 0 heteroatoms. The zero-order valence-electron chi connectivity index (χ0n) is 7.33. The molecule has 1 aromatic rings. The lowest BCUT2D eigenvalue weighted by molar-refractivity contribution is 1.42. The smallest absolute Gasteiger partial charge is 0.0248 e. The third kappa shape index (κ3) is 1.55. The topological polar surface area (TPSA) is 0 Å². The van der Waals surface area contributed by atoms with Crippen molar-refractivity contribution in [2.24, 2.45) is 0 Å². The highest BCUT2D eigenvalue weighted by Gasteiger charge is 2.02. The second-order valence-electron chi connectivity index (χ2n) is 3.05. The Labute approximate surface area is 78.6 Å². The normalized spacial score (nSPS) is 13.9. The summed E-state index contributed by atoms with van der Waals surface area (Å²) in [6.07, 6.45) is 12.7. The van der Waals surface area contributed by atoms with E-state index in [0.717, 1.165) is 12.0 Å². The molecule has 0 bridgehead atoms. The van der Waals surface area contributed by atoms with Crippen LogP contribution in [0, 0.1) is 12.3 Å². The summed E-state index contributed by atoms with van der Waals surface area (Å²) < 4.78 is 0. The van der Waals surface area contributed by atoms with Gasteiger partial charge in [-0.2, -0.15) is 0 Å². The van der Waals surface area contributed by atoms with Gasteiger partial charge in [-0.1, -0.05) is 36.3 Å². The quantitative estimate of drug-likeness (QED) is 0.562. The largest absolute Gasteiger partial charge is 0.115 e. The lowest BCUT2D eigenvalue weighted by Crippen LogP contribution is -1.82. The van der Waals surface area contributed by atoms with Crippen LogP contribution in [0.1, 0.15) is 17.5 Å². The average Bonchev–Trinajstić information content (AvgIpc) is 2.71. The minimum atomic E-state index is 0.949. The van der Waals surface area contributed by atoms with Gasteiger partial charge >= 0.3 is 0 Å². The molecule has 0 unspecified atom stereocenters. The van der Waals surface area contributed by atoms with Crippen molar-refractivity contribution in [3.63, 3.8) is 0 Å². The van der Waals surface area contributed by atoms with Gasteiger partial charge in [0.1, 0.15) is 0 Å². The molecule has 0 nitrogen and oxygen atoms in total. The van der Waals surface area contributed by atoms with E-state index in [1.807, 2.05) is 12.1 Å². The highest BCUT2D eigenvalue weighted by molar-refractivity contribution is 5.71. The van der Waals surface area contributed by atoms with E-state index < -0.39 is 0 Å². The molecular weight excluding hydrogens is 156 g/mol. The van der Waals surface area contributed by atoms with E-state index in [1.165, 1.54) is 11.1 Å². The SMILES string of the molecule is C#Cc1cccc(C2=CC=CC2)c1. The maximum Gasteiger partial charge on any atom is 0.0248 e. The standard InChI is InChI=1S/C13H10/c1-2-11-6-5-9-13(10-11)12-7-3-4-8-12/h1,3-7,9-10H,8H2. The second-order valence-corrected chi connectivity index (χ2v) is 3.05. The summed E-state index contributed by atoms with van der Waals surface area (Å²) in [6.45, 7) is 0. The summed E-state index contributed by atoms with van der Waals surface area (Å²) >= 11 is 0. The summed E-state index contributed by atoms with van der Waals surface area (Å²) in [5.41, 5.74) is 3.53. The van der Waals surface area contributed by atoms with E-state index in [4.69, 9.17) is 6.42 Å². The van der Waals surface area contributed by atoms with Gasteiger partial charge in [0.05, 0.1) is 0 Å². The summed E-state index contributed by atoms with van der Waals surface area (Å²) in [6, 6.07) is 8.11. The van der Waals surface area contributed by atoms with E-state index in [1.54, 1.807) is 0 Å². The van der Waals surface area contributed by atoms with Crippen LogP contribution in [-0.4, -0.2) is 0 Å². The van der Waals surface area contributed by atoms with Crippen LogP contribution in [0.4, 0.5) is 0 Å². The fraction of sp³-hybridized carbons (Fsp3) is 0.0769. The molecule has 62 valence electrons. The molecule has 0 amide bonds. The van der Waals surface area contributed by atoms with Gasteiger partial charge in [0.25, 0.3) is 0 Å². The lowest BCUT2D eigenvalue weighted by atomic mass is 10.0. The molecule has 0 aliphatic heterocycles. The first-order valence-electron chi connectivity index (χ1n) is 4.33. The number of hydrogen-bond acceptors (Lipinski definition) is 0. The average molecular weight is 166 g/mol. The zero-order chi connectivity index (χ0) is 9.10. The molecule has 0 N–H and O–H groups in total. The third-order valence-corrected chi connectivity index (χ3v) is 2.17. The first-order valence-corrected chi connectivity index (χ1v) is 4.33. The van der Waals surface area contributed by atoms with Crippen LogP contribution >= 0.6 is 0 Å². The molecule has 0 atom stereocenters. The number of benzene rings is 1. The van der Waals surface area contributed by atoms with Crippen molar-refractivity contribution in [1.29, 1.82) is 0 Å². The number of allylic oxidation sites excluding steroid dienone is 4. The van der Waals surface area contributed by atoms with Crippen LogP contribution in [0.2, 0.25) is 0 Å². The van der Waals surface area contributed by atoms with Crippen LogP contribution in [0.5, 0.6) is 0 Å². The maximum atomic E-state index is 5.33.